The molecule has 0 aliphatic heterocycles. The first-order chi connectivity index (χ1) is 12.5. The van der Waals surface area contributed by atoms with E-state index in [9.17, 15) is 14.4 Å². The highest BCUT2D eigenvalue weighted by atomic mass is 16.4. The third-order valence-electron chi connectivity index (χ3n) is 3.63. The van der Waals surface area contributed by atoms with Crippen LogP contribution in [0.5, 0.6) is 0 Å². The Morgan fingerprint density at radius 1 is 1.19 bits per heavy atom. The quantitative estimate of drug-likeness (QED) is 0.628. The van der Waals surface area contributed by atoms with E-state index in [0.717, 1.165) is 12.0 Å². The predicted molar refractivity (Wildman–Crippen MR) is 95.5 cm³/mol. The SMILES string of the molecule is CCCC(NC(=O)Cc1ccccc1)C(=O)Nc1ccn(CC(=O)O)n1. The van der Waals surface area contributed by atoms with Crippen molar-refractivity contribution in [3.8, 4) is 0 Å². The normalized spacial score (nSPS) is 11.6. The van der Waals surface area contributed by atoms with Crippen LogP contribution in [0, 0.1) is 0 Å². The zero-order chi connectivity index (χ0) is 18.9. The molecule has 0 fully saturated rings. The van der Waals surface area contributed by atoms with Gasteiger partial charge in [-0.25, -0.2) is 0 Å². The van der Waals surface area contributed by atoms with Crippen LogP contribution in [0.1, 0.15) is 25.3 Å². The van der Waals surface area contributed by atoms with Gasteiger partial charge in [0, 0.05) is 12.3 Å². The highest BCUT2D eigenvalue weighted by Crippen LogP contribution is 2.07. The van der Waals surface area contributed by atoms with Crippen molar-refractivity contribution in [3.05, 3.63) is 48.2 Å². The lowest BCUT2D eigenvalue weighted by molar-refractivity contribution is -0.137. The van der Waals surface area contributed by atoms with E-state index in [2.05, 4.69) is 15.7 Å². The third kappa shape index (κ3) is 6.04. The lowest BCUT2D eigenvalue weighted by Crippen LogP contribution is -2.44. The van der Waals surface area contributed by atoms with Crippen molar-refractivity contribution in [1.82, 2.24) is 15.1 Å². The van der Waals surface area contributed by atoms with Crippen LogP contribution in [0.2, 0.25) is 0 Å². The number of nitrogens with zero attached hydrogens (tertiary/aromatic N) is 2. The summed E-state index contributed by atoms with van der Waals surface area (Å²) >= 11 is 0. The van der Waals surface area contributed by atoms with E-state index in [1.54, 1.807) is 0 Å². The van der Waals surface area contributed by atoms with Crippen molar-refractivity contribution in [2.24, 2.45) is 0 Å². The van der Waals surface area contributed by atoms with Gasteiger partial charge in [0.05, 0.1) is 6.42 Å². The fourth-order valence-corrected chi connectivity index (χ4v) is 2.45. The first-order valence-electron chi connectivity index (χ1n) is 8.37. The summed E-state index contributed by atoms with van der Waals surface area (Å²) in [6, 6.07) is 10.1. The molecule has 138 valence electrons. The summed E-state index contributed by atoms with van der Waals surface area (Å²) in [5.41, 5.74) is 0.869. The molecule has 0 spiro atoms. The third-order valence-corrected chi connectivity index (χ3v) is 3.63. The van der Waals surface area contributed by atoms with E-state index in [1.165, 1.54) is 16.9 Å². The second-order valence-corrected chi connectivity index (χ2v) is 5.85. The molecule has 0 aliphatic rings. The Labute approximate surface area is 151 Å². The number of carbonyl (C=O) groups is 3. The number of carbonyl (C=O) groups excluding carboxylic acids is 2. The van der Waals surface area contributed by atoms with Crippen LogP contribution in [-0.2, 0) is 27.3 Å². The van der Waals surface area contributed by atoms with Gasteiger partial charge in [-0.15, -0.1) is 0 Å². The van der Waals surface area contributed by atoms with Crippen molar-refractivity contribution < 1.29 is 19.5 Å². The summed E-state index contributed by atoms with van der Waals surface area (Å²) < 4.78 is 1.21. The molecule has 8 heteroatoms. The summed E-state index contributed by atoms with van der Waals surface area (Å²) in [4.78, 5) is 35.3. The number of benzene rings is 1. The van der Waals surface area contributed by atoms with Crippen molar-refractivity contribution >= 4 is 23.6 Å². The number of aliphatic carboxylic acids is 1. The zero-order valence-corrected chi connectivity index (χ0v) is 14.5. The monoisotopic (exact) mass is 358 g/mol. The molecule has 2 amide bonds. The number of amides is 2. The fourth-order valence-electron chi connectivity index (χ4n) is 2.45. The molecular weight excluding hydrogens is 336 g/mol. The Kier molecular flexibility index (Phi) is 6.90. The largest absolute Gasteiger partial charge is 0.480 e. The number of carboxylic acids is 1. The molecule has 0 bridgehead atoms. The van der Waals surface area contributed by atoms with Gasteiger partial charge in [0.15, 0.2) is 5.82 Å². The number of anilines is 1. The van der Waals surface area contributed by atoms with Crippen molar-refractivity contribution in [2.75, 3.05) is 5.32 Å². The summed E-state index contributed by atoms with van der Waals surface area (Å²) in [7, 11) is 0. The zero-order valence-electron chi connectivity index (χ0n) is 14.5. The van der Waals surface area contributed by atoms with Gasteiger partial charge in [0.1, 0.15) is 12.6 Å². The van der Waals surface area contributed by atoms with E-state index < -0.39 is 12.0 Å². The van der Waals surface area contributed by atoms with Gasteiger partial charge in [0.2, 0.25) is 11.8 Å². The molecule has 1 atom stereocenters. The van der Waals surface area contributed by atoms with E-state index in [1.807, 2.05) is 37.3 Å². The summed E-state index contributed by atoms with van der Waals surface area (Å²) in [5.74, 6) is -1.40. The van der Waals surface area contributed by atoms with E-state index >= 15 is 0 Å². The van der Waals surface area contributed by atoms with Crippen LogP contribution >= 0.6 is 0 Å². The van der Waals surface area contributed by atoms with Crippen molar-refractivity contribution in [3.63, 3.8) is 0 Å². The lowest BCUT2D eigenvalue weighted by atomic mass is 10.1. The molecule has 0 aliphatic carbocycles. The van der Waals surface area contributed by atoms with Crippen LogP contribution < -0.4 is 10.6 Å². The maximum atomic E-state index is 12.4. The maximum absolute atomic E-state index is 12.4. The summed E-state index contributed by atoms with van der Waals surface area (Å²) in [6.07, 6.45) is 2.87. The van der Waals surface area contributed by atoms with E-state index in [-0.39, 0.29) is 30.6 Å². The minimum absolute atomic E-state index is 0.196. The molecule has 3 N–H and O–H groups in total. The summed E-state index contributed by atoms with van der Waals surface area (Å²) in [5, 5.41) is 18.1. The van der Waals surface area contributed by atoms with E-state index in [0.29, 0.717) is 6.42 Å². The van der Waals surface area contributed by atoms with Crippen LogP contribution in [0.15, 0.2) is 42.6 Å². The van der Waals surface area contributed by atoms with Gasteiger partial charge in [-0.05, 0) is 12.0 Å². The molecule has 1 heterocycles. The Bertz CT molecular complexity index is 758. The Hall–Kier alpha value is -3.16. The minimum atomic E-state index is -1.02. The number of carboxylic acid groups (broad SMARTS) is 1. The van der Waals surface area contributed by atoms with Crippen molar-refractivity contribution in [1.29, 1.82) is 0 Å². The number of hydrogen-bond donors (Lipinski definition) is 3. The molecular formula is C18H22N4O4. The topological polar surface area (TPSA) is 113 Å². The molecule has 1 aromatic carbocycles. The number of hydrogen-bond acceptors (Lipinski definition) is 4. The number of aromatic nitrogens is 2. The minimum Gasteiger partial charge on any atom is -0.480 e. The van der Waals surface area contributed by atoms with Gasteiger partial charge in [-0.1, -0.05) is 43.7 Å². The smallest absolute Gasteiger partial charge is 0.325 e. The molecule has 0 saturated heterocycles. The summed E-state index contributed by atoms with van der Waals surface area (Å²) in [6.45, 7) is 1.63. The predicted octanol–water partition coefficient (Wildman–Crippen LogP) is 1.43. The molecule has 2 rings (SSSR count). The van der Waals surface area contributed by atoms with Crippen LogP contribution in [-0.4, -0.2) is 38.7 Å². The van der Waals surface area contributed by atoms with E-state index in [4.69, 9.17) is 5.11 Å². The van der Waals surface area contributed by atoms with Gasteiger partial charge >= 0.3 is 5.97 Å². The van der Waals surface area contributed by atoms with Crippen LogP contribution in [0.3, 0.4) is 0 Å². The van der Waals surface area contributed by atoms with Gasteiger partial charge in [-0.3, -0.25) is 19.1 Å². The molecule has 0 saturated carbocycles. The molecule has 0 radical (unpaired) electrons. The average Bonchev–Trinajstić information content (AvgIpc) is 3.01. The Morgan fingerprint density at radius 2 is 1.92 bits per heavy atom. The van der Waals surface area contributed by atoms with Gasteiger partial charge < -0.3 is 15.7 Å². The lowest BCUT2D eigenvalue weighted by Gasteiger charge is -2.17. The van der Waals surface area contributed by atoms with Gasteiger partial charge in [-0.2, -0.15) is 5.10 Å². The highest BCUT2D eigenvalue weighted by molar-refractivity contribution is 5.96. The average molecular weight is 358 g/mol. The fraction of sp³-hybridized carbons (Fsp3) is 0.333. The van der Waals surface area contributed by atoms with Crippen LogP contribution in [0.25, 0.3) is 0 Å². The molecule has 1 aromatic heterocycles. The second kappa shape index (κ2) is 9.36. The molecule has 2 aromatic rings. The molecule has 26 heavy (non-hydrogen) atoms. The standard InChI is InChI=1S/C18H22N4O4/c1-2-6-14(19-16(23)11-13-7-4-3-5-8-13)18(26)20-15-9-10-22(21-15)12-17(24)25/h3-5,7-10,14H,2,6,11-12H2,1H3,(H,19,23)(H,24,25)(H,20,21,26). The second-order valence-electron chi connectivity index (χ2n) is 5.85. The van der Waals surface area contributed by atoms with Crippen molar-refractivity contribution in [2.45, 2.75) is 38.8 Å². The first kappa shape index (κ1) is 19.2. The number of rotatable bonds is 9. The molecule has 1 unspecified atom stereocenters. The molecule has 8 nitrogen and oxygen atoms in total. The van der Waals surface area contributed by atoms with Crippen LogP contribution in [0.4, 0.5) is 5.82 Å². The van der Waals surface area contributed by atoms with Gasteiger partial charge in [0.25, 0.3) is 0 Å². The Balaban J connectivity index is 1.94. The number of nitrogens with one attached hydrogen (secondary N) is 2. The first-order valence-corrected chi connectivity index (χ1v) is 8.37. The Morgan fingerprint density at radius 3 is 2.58 bits per heavy atom. The highest BCUT2D eigenvalue weighted by Gasteiger charge is 2.21. The maximum Gasteiger partial charge on any atom is 0.325 e.